The summed E-state index contributed by atoms with van der Waals surface area (Å²) in [6, 6.07) is 15.5. The van der Waals surface area contributed by atoms with Crippen LogP contribution in [-0.2, 0) is 4.79 Å². The first-order valence-corrected chi connectivity index (χ1v) is 8.85. The quantitative estimate of drug-likeness (QED) is 0.611. The van der Waals surface area contributed by atoms with Gasteiger partial charge in [-0.25, -0.2) is 4.98 Å². The van der Waals surface area contributed by atoms with E-state index in [1.165, 1.54) is 11.3 Å². The van der Waals surface area contributed by atoms with Crippen molar-refractivity contribution in [3.63, 3.8) is 0 Å². The summed E-state index contributed by atoms with van der Waals surface area (Å²) in [6.07, 6.45) is 1.07. The van der Waals surface area contributed by atoms with E-state index in [1.54, 1.807) is 0 Å². The molecule has 0 spiro atoms. The second-order valence-corrected chi connectivity index (χ2v) is 6.89. The Balaban J connectivity index is 1.43. The van der Waals surface area contributed by atoms with E-state index in [-0.39, 0.29) is 5.91 Å². The predicted octanol–water partition coefficient (Wildman–Crippen LogP) is 4.86. The van der Waals surface area contributed by atoms with Gasteiger partial charge in [-0.15, -0.1) is 0 Å². The monoisotopic (exact) mass is 390 g/mol. The summed E-state index contributed by atoms with van der Waals surface area (Å²) < 4.78 is 7.68. The van der Waals surface area contributed by atoms with Gasteiger partial charge in [0.25, 0.3) is 0 Å². The first-order valence-electron chi connectivity index (χ1n) is 7.24. The van der Waals surface area contributed by atoms with Crippen molar-refractivity contribution in [3.8, 4) is 5.75 Å². The highest BCUT2D eigenvalue weighted by molar-refractivity contribution is 9.10. The Morgan fingerprint density at radius 2 is 1.96 bits per heavy atom. The number of para-hydroxylation sites is 1. The van der Waals surface area contributed by atoms with Gasteiger partial charge in [0.05, 0.1) is 16.8 Å². The molecule has 2 aromatic carbocycles. The fraction of sp³-hybridized carbons (Fsp3) is 0.176. The fourth-order valence-electron chi connectivity index (χ4n) is 2.06. The van der Waals surface area contributed by atoms with Crippen LogP contribution in [0.5, 0.6) is 5.75 Å². The minimum atomic E-state index is -0.0385. The lowest BCUT2D eigenvalue weighted by Gasteiger charge is -2.06. The van der Waals surface area contributed by atoms with E-state index in [2.05, 4.69) is 26.2 Å². The van der Waals surface area contributed by atoms with Crippen LogP contribution in [-0.4, -0.2) is 17.5 Å². The second kappa shape index (κ2) is 7.57. The molecule has 23 heavy (non-hydrogen) atoms. The van der Waals surface area contributed by atoms with Crippen LogP contribution in [0.2, 0.25) is 0 Å². The average Bonchev–Trinajstić information content (AvgIpc) is 2.95. The van der Waals surface area contributed by atoms with Crippen molar-refractivity contribution in [2.45, 2.75) is 12.8 Å². The number of hydrogen-bond acceptors (Lipinski definition) is 4. The van der Waals surface area contributed by atoms with Crippen molar-refractivity contribution in [1.82, 2.24) is 4.98 Å². The highest BCUT2D eigenvalue weighted by Crippen LogP contribution is 2.25. The van der Waals surface area contributed by atoms with Crippen LogP contribution in [0.15, 0.2) is 53.0 Å². The van der Waals surface area contributed by atoms with Gasteiger partial charge in [-0.2, -0.15) is 0 Å². The predicted molar refractivity (Wildman–Crippen MR) is 97.1 cm³/mol. The fourth-order valence-corrected chi connectivity index (χ4v) is 3.21. The van der Waals surface area contributed by atoms with Gasteiger partial charge in [0.1, 0.15) is 5.75 Å². The molecule has 1 N–H and O–H groups in total. The maximum atomic E-state index is 11.9. The maximum Gasteiger partial charge on any atom is 0.226 e. The van der Waals surface area contributed by atoms with Gasteiger partial charge in [0, 0.05) is 10.9 Å². The van der Waals surface area contributed by atoms with Crippen molar-refractivity contribution in [1.29, 1.82) is 0 Å². The van der Waals surface area contributed by atoms with Gasteiger partial charge >= 0.3 is 0 Å². The topological polar surface area (TPSA) is 51.2 Å². The Morgan fingerprint density at radius 1 is 1.17 bits per heavy atom. The largest absolute Gasteiger partial charge is 0.494 e. The van der Waals surface area contributed by atoms with E-state index in [1.807, 2.05) is 48.5 Å². The number of benzene rings is 2. The zero-order valence-corrected chi connectivity index (χ0v) is 14.7. The summed E-state index contributed by atoms with van der Waals surface area (Å²) in [5.41, 5.74) is 0.909. The van der Waals surface area contributed by atoms with Gasteiger partial charge in [0.2, 0.25) is 5.91 Å². The second-order valence-electron chi connectivity index (χ2n) is 4.94. The molecule has 0 aliphatic carbocycles. The Kier molecular flexibility index (Phi) is 5.25. The van der Waals surface area contributed by atoms with Crippen molar-refractivity contribution in [3.05, 3.63) is 53.0 Å². The number of thiazole rings is 1. The smallest absolute Gasteiger partial charge is 0.226 e. The van der Waals surface area contributed by atoms with Crippen LogP contribution in [0, 0.1) is 0 Å². The maximum absolute atomic E-state index is 11.9. The molecule has 4 nitrogen and oxygen atoms in total. The van der Waals surface area contributed by atoms with Crippen LogP contribution in [0.4, 0.5) is 5.13 Å². The molecular formula is C17H15BrN2O2S. The lowest BCUT2D eigenvalue weighted by molar-refractivity contribution is -0.116. The van der Waals surface area contributed by atoms with Crippen LogP contribution in [0.3, 0.4) is 0 Å². The van der Waals surface area contributed by atoms with Gasteiger partial charge in [-0.3, -0.25) is 4.79 Å². The third kappa shape index (κ3) is 4.53. The third-order valence-electron chi connectivity index (χ3n) is 3.17. The summed E-state index contributed by atoms with van der Waals surface area (Å²) in [6.45, 7) is 0.509. The Bertz CT molecular complexity index is 769. The van der Waals surface area contributed by atoms with E-state index in [0.717, 1.165) is 20.4 Å². The summed E-state index contributed by atoms with van der Waals surface area (Å²) in [5.74, 6) is 0.767. The van der Waals surface area contributed by atoms with Crippen LogP contribution < -0.4 is 10.1 Å². The molecule has 1 amide bonds. The molecule has 6 heteroatoms. The highest BCUT2D eigenvalue weighted by atomic mass is 79.9. The van der Waals surface area contributed by atoms with E-state index >= 15 is 0 Å². The van der Waals surface area contributed by atoms with Crippen LogP contribution >= 0.6 is 27.3 Å². The molecule has 1 aromatic heterocycles. The first kappa shape index (κ1) is 16.0. The summed E-state index contributed by atoms with van der Waals surface area (Å²) in [7, 11) is 0. The lowest BCUT2D eigenvalue weighted by atomic mass is 10.3. The standard InChI is InChI=1S/C17H15BrN2O2S/c18-12-7-9-13(10-8-12)22-11-3-6-16(21)20-17-19-14-4-1-2-5-15(14)23-17/h1-2,4-5,7-10H,3,6,11H2,(H,19,20,21). The summed E-state index contributed by atoms with van der Waals surface area (Å²) in [5, 5.41) is 3.49. The number of carbonyl (C=O) groups is 1. The molecule has 118 valence electrons. The lowest BCUT2D eigenvalue weighted by Crippen LogP contribution is -2.12. The average molecular weight is 391 g/mol. The molecule has 0 unspecified atom stereocenters. The molecule has 0 fully saturated rings. The number of aromatic nitrogens is 1. The van der Waals surface area contributed by atoms with E-state index in [0.29, 0.717) is 24.6 Å². The van der Waals surface area contributed by atoms with E-state index in [9.17, 15) is 4.79 Å². The number of hydrogen-bond donors (Lipinski definition) is 1. The van der Waals surface area contributed by atoms with Crippen LogP contribution in [0.25, 0.3) is 10.2 Å². The van der Waals surface area contributed by atoms with Crippen molar-refractivity contribution in [2.24, 2.45) is 0 Å². The van der Waals surface area contributed by atoms with Gasteiger partial charge in [-0.1, -0.05) is 39.4 Å². The van der Waals surface area contributed by atoms with Crippen molar-refractivity contribution in [2.75, 3.05) is 11.9 Å². The summed E-state index contributed by atoms with van der Waals surface area (Å²) >= 11 is 4.86. The molecule has 0 atom stereocenters. The number of halogens is 1. The first-order chi connectivity index (χ1) is 11.2. The number of amides is 1. The van der Waals surface area contributed by atoms with E-state index < -0.39 is 0 Å². The van der Waals surface area contributed by atoms with Crippen molar-refractivity contribution < 1.29 is 9.53 Å². The minimum Gasteiger partial charge on any atom is -0.494 e. The number of anilines is 1. The van der Waals surface area contributed by atoms with Gasteiger partial charge in [0.15, 0.2) is 5.13 Å². The number of rotatable bonds is 6. The molecule has 3 aromatic rings. The number of carbonyl (C=O) groups excluding carboxylic acids is 1. The molecule has 0 saturated heterocycles. The Morgan fingerprint density at radius 3 is 2.74 bits per heavy atom. The third-order valence-corrected chi connectivity index (χ3v) is 4.65. The zero-order chi connectivity index (χ0) is 16.1. The molecule has 0 saturated carbocycles. The molecule has 1 heterocycles. The summed E-state index contributed by atoms with van der Waals surface area (Å²) in [4.78, 5) is 16.3. The number of fused-ring (bicyclic) bond motifs is 1. The molecule has 0 aliphatic heterocycles. The highest BCUT2D eigenvalue weighted by Gasteiger charge is 2.07. The molecule has 0 radical (unpaired) electrons. The van der Waals surface area contributed by atoms with Crippen LogP contribution in [0.1, 0.15) is 12.8 Å². The SMILES string of the molecule is O=C(CCCOc1ccc(Br)cc1)Nc1nc2ccccc2s1. The molecule has 0 bridgehead atoms. The number of nitrogens with zero attached hydrogens (tertiary/aromatic N) is 1. The Labute approximate surface area is 146 Å². The van der Waals surface area contributed by atoms with Gasteiger partial charge in [-0.05, 0) is 42.8 Å². The van der Waals surface area contributed by atoms with Crippen molar-refractivity contribution >= 4 is 48.5 Å². The number of ether oxygens (including phenoxy) is 1. The zero-order valence-electron chi connectivity index (χ0n) is 12.3. The molecular weight excluding hydrogens is 376 g/mol. The molecule has 3 rings (SSSR count). The number of nitrogens with one attached hydrogen (secondary N) is 1. The Hall–Kier alpha value is -1.92. The van der Waals surface area contributed by atoms with Gasteiger partial charge < -0.3 is 10.1 Å². The van der Waals surface area contributed by atoms with E-state index in [4.69, 9.17) is 4.74 Å². The normalized spacial score (nSPS) is 10.7. The minimum absolute atomic E-state index is 0.0385. The molecule has 0 aliphatic rings.